The lowest BCUT2D eigenvalue weighted by Gasteiger charge is -2.16. The molecule has 0 atom stereocenters. The molecular formula is C32H34N6O14S4. The Kier molecular flexibility index (Phi) is 13.3. The molecule has 24 heteroatoms. The number of nitrogens with zero attached hydrogens (tertiary/aromatic N) is 5. The second-order valence-electron chi connectivity index (χ2n) is 11.5. The van der Waals surface area contributed by atoms with E-state index in [1.807, 2.05) is 0 Å². The van der Waals surface area contributed by atoms with Crippen LogP contribution in [0.2, 0.25) is 0 Å². The maximum Gasteiger partial charge on any atom is 0.397 e. The molecule has 0 radical (unpaired) electrons. The average Bonchev–Trinajstić information content (AvgIpc) is 3.14. The van der Waals surface area contributed by atoms with Gasteiger partial charge in [0.15, 0.2) is 25.4 Å². The molecule has 0 spiro atoms. The maximum absolute atomic E-state index is 13.0. The van der Waals surface area contributed by atoms with E-state index in [0.717, 1.165) is 36.8 Å². The fourth-order valence-corrected chi connectivity index (χ4v) is 7.73. The summed E-state index contributed by atoms with van der Waals surface area (Å²) in [5.41, 5.74) is -0.238. The highest BCUT2D eigenvalue weighted by Gasteiger charge is 2.25. The SMILES string of the molecule is C=CS(=O)(=O)CCN(C)C(=O)c1cccc(/N=N/c2c(NC)ccc3c(O)c(/N=N/c4ccc(S(=O)(=O)CCOS(=O)(=O)O)cc4OC)c(S(=O)(=O)O)cc23)c1. The van der Waals surface area contributed by atoms with Gasteiger partial charge in [-0.3, -0.25) is 13.9 Å². The lowest BCUT2D eigenvalue weighted by atomic mass is 10.1. The topological polar surface area (TPSA) is 297 Å². The summed E-state index contributed by atoms with van der Waals surface area (Å²) < 4.78 is 124. The van der Waals surface area contributed by atoms with Gasteiger partial charge in [0.05, 0.1) is 41.5 Å². The molecule has 0 fully saturated rings. The van der Waals surface area contributed by atoms with E-state index in [4.69, 9.17) is 9.29 Å². The summed E-state index contributed by atoms with van der Waals surface area (Å²) in [6.07, 6.45) is 0. The minimum atomic E-state index is -5.13. The molecule has 0 aliphatic heterocycles. The highest BCUT2D eigenvalue weighted by molar-refractivity contribution is 7.94. The summed E-state index contributed by atoms with van der Waals surface area (Å²) >= 11 is 0. The Balaban J connectivity index is 1.74. The van der Waals surface area contributed by atoms with Crippen LogP contribution in [0.1, 0.15) is 10.4 Å². The van der Waals surface area contributed by atoms with Crippen LogP contribution >= 0.6 is 0 Å². The maximum atomic E-state index is 13.0. The van der Waals surface area contributed by atoms with Crippen molar-refractivity contribution in [1.29, 1.82) is 0 Å². The molecule has 4 rings (SSSR count). The first-order valence-electron chi connectivity index (χ1n) is 15.7. The van der Waals surface area contributed by atoms with Gasteiger partial charge in [-0.1, -0.05) is 12.6 Å². The Hall–Kier alpha value is -5.37. The van der Waals surface area contributed by atoms with Crippen LogP contribution in [0.15, 0.2) is 103 Å². The molecule has 0 aromatic heterocycles. The smallest absolute Gasteiger partial charge is 0.397 e. The highest BCUT2D eigenvalue weighted by atomic mass is 32.3. The van der Waals surface area contributed by atoms with Crippen LogP contribution < -0.4 is 10.1 Å². The number of phenols is 1. The number of fused-ring (bicyclic) bond motifs is 1. The molecule has 0 bridgehead atoms. The first kappa shape index (κ1) is 43.4. The number of nitrogens with one attached hydrogen (secondary N) is 1. The van der Waals surface area contributed by atoms with E-state index in [2.05, 4.69) is 36.5 Å². The minimum absolute atomic E-state index is 0.00220. The molecule has 0 aliphatic carbocycles. The molecule has 0 saturated heterocycles. The quantitative estimate of drug-likeness (QED) is 0.0811. The molecule has 1 amide bonds. The van der Waals surface area contributed by atoms with E-state index in [1.54, 1.807) is 0 Å². The first-order valence-corrected chi connectivity index (χ1v) is 21.8. The number of hydrogen-bond acceptors (Lipinski definition) is 17. The second-order valence-corrected chi connectivity index (χ2v) is 18.1. The Bertz CT molecular complexity index is 2700. The average molecular weight is 855 g/mol. The lowest BCUT2D eigenvalue weighted by molar-refractivity contribution is 0.0803. The number of methoxy groups -OCH3 is 1. The van der Waals surface area contributed by atoms with E-state index in [9.17, 15) is 48.1 Å². The zero-order valence-electron chi connectivity index (χ0n) is 29.6. The third kappa shape index (κ3) is 10.7. The second kappa shape index (κ2) is 17.2. The molecule has 0 heterocycles. The normalized spacial score (nSPS) is 12.7. The van der Waals surface area contributed by atoms with Gasteiger partial charge in [-0.15, -0.1) is 15.3 Å². The lowest BCUT2D eigenvalue weighted by Crippen LogP contribution is -2.31. The van der Waals surface area contributed by atoms with Gasteiger partial charge in [-0.2, -0.15) is 21.9 Å². The molecule has 56 heavy (non-hydrogen) atoms. The van der Waals surface area contributed by atoms with Gasteiger partial charge in [-0.25, -0.2) is 21.0 Å². The standard InChI is InChI=1S/C32H34N6O14S4/c1-5-53(41,42)15-13-38(3)32(40)20-7-6-8-21(17-20)34-36-29-24-19-28(55(45,46)47)30(31(39)23(24)10-12-26(29)33-2)37-35-25-11-9-22(18-27(25)51-4)54(43,44)16-14-52-56(48,49)50/h5-12,17-19,33,39H,1,13-16H2,2-4H3,(H,45,46,47)(H,48,49,50)/b36-34+,37-35+. The third-order valence-electron chi connectivity index (χ3n) is 7.78. The number of carbonyl (C=O) groups is 1. The fourth-order valence-electron chi connectivity index (χ4n) is 4.89. The van der Waals surface area contributed by atoms with Crippen LogP contribution in [-0.2, 0) is 44.4 Å². The monoisotopic (exact) mass is 854 g/mol. The van der Waals surface area contributed by atoms with Crippen molar-refractivity contribution in [3.63, 3.8) is 0 Å². The van der Waals surface area contributed by atoms with Crippen molar-refractivity contribution in [3.8, 4) is 11.5 Å². The van der Waals surface area contributed by atoms with Crippen molar-refractivity contribution in [2.45, 2.75) is 9.79 Å². The van der Waals surface area contributed by atoms with Crippen molar-refractivity contribution in [1.82, 2.24) is 4.90 Å². The molecule has 4 aromatic carbocycles. The van der Waals surface area contributed by atoms with E-state index < -0.39 is 74.8 Å². The van der Waals surface area contributed by atoms with Gasteiger partial charge in [0.1, 0.15) is 27.7 Å². The summed E-state index contributed by atoms with van der Waals surface area (Å²) in [6, 6.07) is 13.0. The predicted octanol–water partition coefficient (Wildman–Crippen LogP) is 4.90. The number of aromatic hydroxyl groups is 1. The molecular weight excluding hydrogens is 821 g/mol. The summed E-state index contributed by atoms with van der Waals surface area (Å²) in [6.45, 7) is 2.26. The Morgan fingerprint density at radius 1 is 0.875 bits per heavy atom. The van der Waals surface area contributed by atoms with Gasteiger partial charge < -0.3 is 20.1 Å². The number of phenolic OH excluding ortho intramolecular Hbond substituents is 1. The summed E-state index contributed by atoms with van der Waals surface area (Å²) in [4.78, 5) is 12.9. The highest BCUT2D eigenvalue weighted by Crippen LogP contribution is 2.47. The molecule has 4 aromatic rings. The van der Waals surface area contributed by atoms with Crippen LogP contribution in [0.5, 0.6) is 11.5 Å². The molecule has 4 N–H and O–H groups in total. The zero-order valence-corrected chi connectivity index (χ0v) is 32.9. The van der Waals surface area contributed by atoms with Crippen molar-refractivity contribution >= 4 is 85.3 Å². The number of benzene rings is 4. The number of azo groups is 2. The van der Waals surface area contributed by atoms with Gasteiger partial charge >= 0.3 is 10.4 Å². The van der Waals surface area contributed by atoms with E-state index in [1.165, 1.54) is 55.4 Å². The van der Waals surface area contributed by atoms with Crippen molar-refractivity contribution in [2.24, 2.45) is 20.5 Å². The van der Waals surface area contributed by atoms with E-state index >= 15 is 0 Å². The number of amides is 1. The van der Waals surface area contributed by atoms with Crippen molar-refractivity contribution in [3.05, 3.63) is 78.2 Å². The molecule has 0 unspecified atom stereocenters. The molecule has 300 valence electrons. The Labute approximate surface area is 321 Å². The molecule has 0 saturated carbocycles. The van der Waals surface area contributed by atoms with Crippen LogP contribution in [-0.4, -0.2) is 105 Å². The largest absolute Gasteiger partial charge is 0.505 e. The van der Waals surface area contributed by atoms with Crippen molar-refractivity contribution < 1.29 is 61.6 Å². The summed E-state index contributed by atoms with van der Waals surface area (Å²) in [5.74, 6) is -2.63. The first-order chi connectivity index (χ1) is 26.1. The number of rotatable bonds is 17. The summed E-state index contributed by atoms with van der Waals surface area (Å²) in [7, 11) is -13.6. The van der Waals surface area contributed by atoms with Crippen LogP contribution in [0, 0.1) is 0 Å². The van der Waals surface area contributed by atoms with Gasteiger partial charge in [0.2, 0.25) is 0 Å². The fraction of sp³-hybridized carbons (Fsp3) is 0.219. The van der Waals surface area contributed by atoms with E-state index in [-0.39, 0.29) is 56.3 Å². The molecule has 20 nitrogen and oxygen atoms in total. The van der Waals surface area contributed by atoms with Gasteiger partial charge in [-0.05, 0) is 48.5 Å². The van der Waals surface area contributed by atoms with Crippen LogP contribution in [0.3, 0.4) is 0 Å². The predicted molar refractivity (Wildman–Crippen MR) is 203 cm³/mol. The number of anilines is 1. The minimum Gasteiger partial charge on any atom is -0.505 e. The number of hydrogen-bond donors (Lipinski definition) is 4. The number of ether oxygens (including phenoxy) is 1. The van der Waals surface area contributed by atoms with Crippen molar-refractivity contribution in [2.75, 3.05) is 51.2 Å². The number of sulfone groups is 2. The zero-order chi connectivity index (χ0) is 41.6. The summed E-state index contributed by atoms with van der Waals surface area (Å²) in [5, 5.41) is 31.2. The van der Waals surface area contributed by atoms with Crippen LogP contribution in [0.25, 0.3) is 10.8 Å². The Morgan fingerprint density at radius 3 is 2.20 bits per heavy atom. The van der Waals surface area contributed by atoms with Gasteiger partial charge in [0, 0.05) is 48.5 Å². The Morgan fingerprint density at radius 2 is 1.57 bits per heavy atom. The number of carbonyl (C=O) groups excluding carboxylic acids is 1. The van der Waals surface area contributed by atoms with Crippen LogP contribution in [0.4, 0.5) is 28.4 Å². The third-order valence-corrected chi connectivity index (χ3v) is 12.0. The van der Waals surface area contributed by atoms with Gasteiger partial charge in [0.25, 0.3) is 16.0 Å². The molecule has 0 aliphatic rings. The van der Waals surface area contributed by atoms with E-state index in [0.29, 0.717) is 5.69 Å².